The van der Waals surface area contributed by atoms with E-state index in [1.54, 1.807) is 0 Å². The first-order valence-corrected chi connectivity index (χ1v) is 5.02. The van der Waals surface area contributed by atoms with Gasteiger partial charge in [0, 0.05) is 17.8 Å². The minimum atomic E-state index is -0.0899. The monoisotopic (exact) mass is 210 g/mol. The summed E-state index contributed by atoms with van der Waals surface area (Å²) in [6.45, 7) is 3.27. The Morgan fingerprint density at radius 1 is 1.60 bits per heavy atom. The minimum Gasteiger partial charge on any atom is -0.354 e. The Morgan fingerprint density at radius 2 is 2.40 bits per heavy atom. The van der Waals surface area contributed by atoms with Crippen LogP contribution in [-0.2, 0) is 0 Å². The van der Waals surface area contributed by atoms with Crippen molar-refractivity contribution in [1.29, 1.82) is 0 Å². The fourth-order valence-electron chi connectivity index (χ4n) is 1.96. The van der Waals surface area contributed by atoms with Crippen molar-refractivity contribution in [2.45, 2.75) is 19.8 Å². The molecule has 4 nitrogen and oxygen atoms in total. The Kier molecular flexibility index (Phi) is 2.83. The Bertz CT molecular complexity index is 352. The van der Waals surface area contributed by atoms with Gasteiger partial charge in [-0.05, 0) is 19.4 Å². The van der Waals surface area contributed by atoms with Gasteiger partial charge in [0.1, 0.15) is 5.83 Å². The zero-order valence-electron chi connectivity index (χ0n) is 8.76. The normalized spacial score (nSPS) is 21.1. The van der Waals surface area contributed by atoms with Gasteiger partial charge in [-0.15, -0.1) is 0 Å². The van der Waals surface area contributed by atoms with Gasteiger partial charge in [-0.25, -0.2) is 9.82 Å². The van der Waals surface area contributed by atoms with Gasteiger partial charge in [-0.1, -0.05) is 0 Å². The predicted octanol–water partition coefficient (Wildman–Crippen LogP) is 1.04. The van der Waals surface area contributed by atoms with Crippen LogP contribution in [0.15, 0.2) is 28.3 Å². The number of hydrogen-bond donors (Lipinski definition) is 2. The molecular formula is C10H15FN4. The zero-order chi connectivity index (χ0) is 10.8. The molecule has 0 aromatic carbocycles. The van der Waals surface area contributed by atoms with Crippen molar-refractivity contribution in [2.75, 3.05) is 13.2 Å². The van der Waals surface area contributed by atoms with Crippen LogP contribution in [0.25, 0.3) is 0 Å². The molecule has 0 amide bonds. The van der Waals surface area contributed by atoms with Crippen molar-refractivity contribution >= 4 is 5.71 Å². The number of hydrazine groups is 1. The van der Waals surface area contributed by atoms with E-state index in [0.717, 1.165) is 23.7 Å². The molecule has 0 saturated carbocycles. The number of rotatable bonds is 2. The van der Waals surface area contributed by atoms with Gasteiger partial charge in [0.05, 0.1) is 18.9 Å². The van der Waals surface area contributed by atoms with Crippen LogP contribution in [0, 0.1) is 0 Å². The molecule has 0 atom stereocenters. The van der Waals surface area contributed by atoms with Crippen LogP contribution < -0.4 is 11.3 Å². The van der Waals surface area contributed by atoms with Crippen molar-refractivity contribution in [3.05, 3.63) is 23.3 Å². The van der Waals surface area contributed by atoms with E-state index in [1.165, 1.54) is 6.08 Å². The lowest BCUT2D eigenvalue weighted by atomic mass is 10.0. The quantitative estimate of drug-likeness (QED) is 0.529. The predicted molar refractivity (Wildman–Crippen MR) is 57.5 cm³/mol. The van der Waals surface area contributed by atoms with Gasteiger partial charge >= 0.3 is 0 Å². The highest BCUT2D eigenvalue weighted by Crippen LogP contribution is 2.29. The highest BCUT2D eigenvalue weighted by Gasteiger charge is 2.22. The van der Waals surface area contributed by atoms with Gasteiger partial charge in [0.25, 0.3) is 0 Å². The molecule has 3 N–H and O–H groups in total. The van der Waals surface area contributed by atoms with E-state index in [-0.39, 0.29) is 5.83 Å². The fourth-order valence-corrected chi connectivity index (χ4v) is 1.96. The van der Waals surface area contributed by atoms with Gasteiger partial charge in [0.15, 0.2) is 0 Å². The molecule has 2 rings (SSSR count). The van der Waals surface area contributed by atoms with Crippen LogP contribution in [0.1, 0.15) is 19.8 Å². The number of nitrogens with one attached hydrogen (secondary N) is 1. The summed E-state index contributed by atoms with van der Waals surface area (Å²) in [5.41, 5.74) is 5.44. The molecule has 0 bridgehead atoms. The second-order valence-electron chi connectivity index (χ2n) is 3.83. The van der Waals surface area contributed by atoms with E-state index in [0.29, 0.717) is 19.5 Å². The summed E-state index contributed by atoms with van der Waals surface area (Å²) in [5.74, 6) is 5.22. The van der Waals surface area contributed by atoms with Crippen LogP contribution in [0.2, 0.25) is 0 Å². The summed E-state index contributed by atoms with van der Waals surface area (Å²) in [4.78, 5) is 6.45. The SMILES string of the molecule is CC1=NC2=C(CCC(F)=C2)N(CNN)C1. The van der Waals surface area contributed by atoms with Crippen LogP contribution >= 0.6 is 0 Å². The third-order valence-electron chi connectivity index (χ3n) is 2.58. The fraction of sp³-hybridized carbons (Fsp3) is 0.500. The number of halogens is 1. The molecule has 0 saturated heterocycles. The second kappa shape index (κ2) is 4.12. The van der Waals surface area contributed by atoms with E-state index in [4.69, 9.17) is 5.84 Å². The largest absolute Gasteiger partial charge is 0.354 e. The van der Waals surface area contributed by atoms with Crippen LogP contribution in [-0.4, -0.2) is 23.8 Å². The van der Waals surface area contributed by atoms with E-state index >= 15 is 0 Å². The molecule has 15 heavy (non-hydrogen) atoms. The van der Waals surface area contributed by atoms with Crippen LogP contribution in [0.5, 0.6) is 0 Å². The molecule has 0 fully saturated rings. The minimum absolute atomic E-state index is 0.0899. The standard InChI is InChI=1S/C10H15FN4/c1-7-5-15(6-13-12)10-3-2-8(11)4-9(10)14-7/h4,13H,2-3,5-6,12H2,1H3. The average Bonchev–Trinajstić information content (AvgIpc) is 2.17. The maximum absolute atomic E-state index is 13.1. The highest BCUT2D eigenvalue weighted by molar-refractivity contribution is 5.86. The van der Waals surface area contributed by atoms with E-state index < -0.39 is 0 Å². The number of allylic oxidation sites excluding steroid dienone is 3. The van der Waals surface area contributed by atoms with E-state index in [1.807, 2.05) is 6.92 Å². The Hall–Kier alpha value is -1.20. The third-order valence-corrected chi connectivity index (χ3v) is 2.58. The molecular weight excluding hydrogens is 195 g/mol. The van der Waals surface area contributed by atoms with Gasteiger partial charge < -0.3 is 4.90 Å². The van der Waals surface area contributed by atoms with Gasteiger partial charge in [0.2, 0.25) is 0 Å². The van der Waals surface area contributed by atoms with Crippen LogP contribution in [0.3, 0.4) is 0 Å². The molecule has 0 aromatic heterocycles. The summed E-state index contributed by atoms with van der Waals surface area (Å²) in [6.07, 6.45) is 2.69. The molecule has 1 aliphatic carbocycles. The summed E-state index contributed by atoms with van der Waals surface area (Å²) < 4.78 is 13.1. The summed E-state index contributed by atoms with van der Waals surface area (Å²) in [6, 6.07) is 0. The lowest BCUT2D eigenvalue weighted by Crippen LogP contribution is -2.42. The first-order valence-electron chi connectivity index (χ1n) is 5.02. The Labute approximate surface area is 88.3 Å². The molecule has 0 unspecified atom stereocenters. The average molecular weight is 210 g/mol. The molecule has 5 heteroatoms. The number of hydrogen-bond acceptors (Lipinski definition) is 4. The molecule has 82 valence electrons. The second-order valence-corrected chi connectivity index (χ2v) is 3.83. The van der Waals surface area contributed by atoms with Crippen molar-refractivity contribution in [1.82, 2.24) is 10.3 Å². The Morgan fingerprint density at radius 3 is 3.13 bits per heavy atom. The summed E-state index contributed by atoms with van der Waals surface area (Å²) >= 11 is 0. The van der Waals surface area contributed by atoms with Crippen molar-refractivity contribution in [3.63, 3.8) is 0 Å². The lowest BCUT2D eigenvalue weighted by molar-refractivity contribution is 0.331. The van der Waals surface area contributed by atoms with E-state index in [2.05, 4.69) is 15.3 Å². The molecule has 0 aromatic rings. The van der Waals surface area contributed by atoms with Gasteiger partial charge in [-0.2, -0.15) is 0 Å². The lowest BCUT2D eigenvalue weighted by Gasteiger charge is -2.32. The molecule has 1 aliphatic heterocycles. The third kappa shape index (κ3) is 2.08. The topological polar surface area (TPSA) is 53.6 Å². The van der Waals surface area contributed by atoms with Crippen molar-refractivity contribution in [3.8, 4) is 0 Å². The molecule has 0 radical (unpaired) electrons. The number of nitrogens with two attached hydrogens (primary N) is 1. The zero-order valence-corrected chi connectivity index (χ0v) is 8.76. The van der Waals surface area contributed by atoms with Crippen LogP contribution in [0.4, 0.5) is 4.39 Å². The molecule has 1 heterocycles. The number of aliphatic imine (C=N–C) groups is 1. The maximum Gasteiger partial charge on any atom is 0.103 e. The molecule has 2 aliphatic rings. The summed E-state index contributed by atoms with van der Waals surface area (Å²) in [5, 5.41) is 0. The first-order chi connectivity index (χ1) is 7.20. The van der Waals surface area contributed by atoms with E-state index in [9.17, 15) is 4.39 Å². The van der Waals surface area contributed by atoms with Gasteiger partial charge in [-0.3, -0.25) is 10.8 Å². The first kappa shape index (κ1) is 10.3. The highest BCUT2D eigenvalue weighted by atomic mass is 19.1. The molecule has 0 spiro atoms. The summed E-state index contributed by atoms with van der Waals surface area (Å²) in [7, 11) is 0. The van der Waals surface area contributed by atoms with Crippen molar-refractivity contribution in [2.24, 2.45) is 10.8 Å². The smallest absolute Gasteiger partial charge is 0.103 e. The van der Waals surface area contributed by atoms with Crippen molar-refractivity contribution < 1.29 is 4.39 Å². The Balaban J connectivity index is 2.30. The maximum atomic E-state index is 13.1. The number of nitrogens with zero attached hydrogens (tertiary/aromatic N) is 2.